The summed E-state index contributed by atoms with van der Waals surface area (Å²) in [6.45, 7) is 4.06. The molecule has 1 atom stereocenters. The van der Waals surface area contributed by atoms with Crippen molar-refractivity contribution in [3.63, 3.8) is 0 Å². The van der Waals surface area contributed by atoms with Crippen molar-refractivity contribution >= 4 is 5.91 Å². The average Bonchev–Trinajstić information content (AvgIpc) is 3.25. The quantitative estimate of drug-likeness (QED) is 0.524. The second-order valence-corrected chi connectivity index (χ2v) is 7.06. The summed E-state index contributed by atoms with van der Waals surface area (Å²) in [6.07, 6.45) is 4.31. The summed E-state index contributed by atoms with van der Waals surface area (Å²) in [6, 6.07) is 21.5. The van der Waals surface area contributed by atoms with Crippen LogP contribution in [0.5, 0.6) is 0 Å². The van der Waals surface area contributed by atoms with Gasteiger partial charge in [0.2, 0.25) is 0 Å². The van der Waals surface area contributed by atoms with Crippen LogP contribution in [0, 0.1) is 0 Å². The topological polar surface area (TPSA) is 72.7 Å². The molecule has 0 spiro atoms. The third-order valence-corrected chi connectivity index (χ3v) is 5.05. The van der Waals surface area contributed by atoms with E-state index >= 15 is 0 Å². The highest BCUT2D eigenvalue weighted by Crippen LogP contribution is 2.26. The molecule has 2 aromatic heterocycles. The summed E-state index contributed by atoms with van der Waals surface area (Å²) < 4.78 is 1.72. The van der Waals surface area contributed by atoms with Crippen molar-refractivity contribution in [3.8, 4) is 16.9 Å². The van der Waals surface area contributed by atoms with Gasteiger partial charge in [0, 0.05) is 18.0 Å². The molecule has 0 radical (unpaired) electrons. The van der Waals surface area contributed by atoms with E-state index in [2.05, 4.69) is 39.7 Å². The zero-order valence-corrected chi connectivity index (χ0v) is 17.0. The monoisotopic (exact) mass is 397 g/mol. The van der Waals surface area contributed by atoms with E-state index in [1.165, 1.54) is 5.56 Å². The van der Waals surface area contributed by atoms with E-state index in [4.69, 9.17) is 0 Å². The Kier molecular flexibility index (Phi) is 5.66. The van der Waals surface area contributed by atoms with Gasteiger partial charge in [-0.2, -0.15) is 0 Å². The maximum atomic E-state index is 13.1. The van der Waals surface area contributed by atoms with Crippen molar-refractivity contribution in [2.45, 2.75) is 26.3 Å². The number of hydrogen-bond acceptors (Lipinski definition) is 4. The molecule has 0 fully saturated rings. The average molecular weight is 397 g/mol. The zero-order chi connectivity index (χ0) is 20.9. The molecule has 2 heterocycles. The largest absolute Gasteiger partial charge is 0.344 e. The third kappa shape index (κ3) is 3.98. The summed E-state index contributed by atoms with van der Waals surface area (Å²) in [5.41, 5.74) is 4.83. The first-order valence-corrected chi connectivity index (χ1v) is 9.98. The smallest absolute Gasteiger partial charge is 0.274 e. The number of nitrogens with zero attached hydrogens (tertiary/aromatic N) is 4. The highest BCUT2D eigenvalue weighted by molar-refractivity contribution is 5.98. The number of rotatable bonds is 6. The fourth-order valence-electron chi connectivity index (χ4n) is 3.38. The molecular formula is C24H23N5O. The molecule has 4 rings (SSSR count). The number of amides is 1. The predicted octanol–water partition coefficient (Wildman–Crippen LogP) is 4.38. The molecule has 0 saturated carbocycles. The lowest BCUT2D eigenvalue weighted by Crippen LogP contribution is -2.27. The lowest BCUT2D eigenvalue weighted by molar-refractivity contribution is 0.0935. The van der Waals surface area contributed by atoms with Gasteiger partial charge in [-0.25, -0.2) is 4.68 Å². The highest BCUT2D eigenvalue weighted by Gasteiger charge is 2.23. The molecule has 1 N–H and O–H groups in total. The second kappa shape index (κ2) is 8.69. The molecule has 4 aromatic rings. The van der Waals surface area contributed by atoms with Gasteiger partial charge >= 0.3 is 0 Å². The number of aromatic nitrogens is 4. The minimum atomic E-state index is -0.268. The summed E-state index contributed by atoms with van der Waals surface area (Å²) >= 11 is 0. The normalized spacial score (nSPS) is 11.8. The molecule has 6 nitrogen and oxygen atoms in total. The number of hydrogen-bond donors (Lipinski definition) is 1. The lowest BCUT2D eigenvalue weighted by Gasteiger charge is -2.14. The number of nitrogens with one attached hydrogen (secondary N) is 1. The van der Waals surface area contributed by atoms with Crippen LogP contribution in [0.4, 0.5) is 0 Å². The number of aryl methyl sites for hydroxylation is 1. The molecular weight excluding hydrogens is 374 g/mol. The van der Waals surface area contributed by atoms with E-state index in [9.17, 15) is 4.79 Å². The summed E-state index contributed by atoms with van der Waals surface area (Å²) in [7, 11) is 0. The molecule has 0 saturated heterocycles. The van der Waals surface area contributed by atoms with Crippen molar-refractivity contribution in [1.29, 1.82) is 0 Å². The van der Waals surface area contributed by atoms with E-state index in [1.54, 1.807) is 17.1 Å². The Morgan fingerprint density at radius 2 is 1.80 bits per heavy atom. The highest BCUT2D eigenvalue weighted by atomic mass is 16.2. The van der Waals surface area contributed by atoms with Gasteiger partial charge in [-0.3, -0.25) is 9.78 Å². The standard InChI is InChI=1S/C24H23N5O/c1-3-18-8-7-11-21(16-18)29-23(20-12-14-25-15-13-20)22(27-28-29)24(30)26-17(2)19-9-5-4-6-10-19/h4-17H,3H2,1-2H3,(H,26,30). The maximum absolute atomic E-state index is 13.1. The Hall–Kier alpha value is -3.80. The van der Waals surface area contributed by atoms with Crippen LogP contribution in [0.1, 0.15) is 41.5 Å². The van der Waals surface area contributed by atoms with Crippen LogP contribution < -0.4 is 5.32 Å². The van der Waals surface area contributed by atoms with Gasteiger partial charge in [-0.05, 0) is 48.7 Å². The molecule has 0 aliphatic rings. The van der Waals surface area contributed by atoms with Gasteiger partial charge in [0.15, 0.2) is 5.69 Å². The Morgan fingerprint density at radius 3 is 2.53 bits per heavy atom. The second-order valence-electron chi connectivity index (χ2n) is 7.06. The zero-order valence-electron chi connectivity index (χ0n) is 17.0. The maximum Gasteiger partial charge on any atom is 0.274 e. The van der Waals surface area contributed by atoms with Gasteiger partial charge in [-0.15, -0.1) is 5.10 Å². The van der Waals surface area contributed by atoms with Crippen molar-refractivity contribution in [1.82, 2.24) is 25.3 Å². The van der Waals surface area contributed by atoms with Crippen LogP contribution in [-0.2, 0) is 6.42 Å². The molecule has 2 aromatic carbocycles. The van der Waals surface area contributed by atoms with Gasteiger partial charge in [0.05, 0.1) is 11.7 Å². The predicted molar refractivity (Wildman–Crippen MR) is 116 cm³/mol. The lowest BCUT2D eigenvalue weighted by atomic mass is 10.1. The van der Waals surface area contributed by atoms with Crippen LogP contribution >= 0.6 is 0 Å². The summed E-state index contributed by atoms with van der Waals surface area (Å²) in [5, 5.41) is 11.6. The minimum absolute atomic E-state index is 0.155. The Bertz CT molecular complexity index is 1140. The number of benzene rings is 2. The summed E-state index contributed by atoms with van der Waals surface area (Å²) in [4.78, 5) is 17.2. The molecule has 0 bridgehead atoms. The number of carbonyl (C=O) groups excluding carboxylic acids is 1. The first-order valence-electron chi connectivity index (χ1n) is 9.98. The van der Waals surface area contributed by atoms with Crippen molar-refractivity contribution < 1.29 is 4.79 Å². The minimum Gasteiger partial charge on any atom is -0.344 e. The van der Waals surface area contributed by atoms with E-state index in [-0.39, 0.29) is 17.6 Å². The van der Waals surface area contributed by atoms with E-state index < -0.39 is 0 Å². The van der Waals surface area contributed by atoms with Crippen LogP contribution in [0.15, 0.2) is 79.1 Å². The number of pyridine rings is 1. The first-order chi connectivity index (χ1) is 14.7. The van der Waals surface area contributed by atoms with E-state index in [1.807, 2.05) is 61.5 Å². The molecule has 6 heteroatoms. The molecule has 0 aliphatic heterocycles. The molecule has 0 aliphatic carbocycles. The van der Waals surface area contributed by atoms with Crippen LogP contribution in [0.3, 0.4) is 0 Å². The first kappa shape index (κ1) is 19.5. The SMILES string of the molecule is CCc1cccc(-n2nnc(C(=O)NC(C)c3ccccc3)c2-c2ccncc2)c1. The van der Waals surface area contributed by atoms with Gasteiger partial charge in [0.25, 0.3) is 5.91 Å². The molecule has 150 valence electrons. The van der Waals surface area contributed by atoms with Crippen molar-refractivity contribution in [2.75, 3.05) is 0 Å². The van der Waals surface area contributed by atoms with Crippen molar-refractivity contribution in [3.05, 3.63) is 95.9 Å². The summed E-state index contributed by atoms with van der Waals surface area (Å²) in [5.74, 6) is -0.268. The van der Waals surface area contributed by atoms with Crippen LogP contribution in [0.2, 0.25) is 0 Å². The Morgan fingerprint density at radius 1 is 1.03 bits per heavy atom. The van der Waals surface area contributed by atoms with Crippen LogP contribution in [0.25, 0.3) is 16.9 Å². The van der Waals surface area contributed by atoms with E-state index in [0.29, 0.717) is 5.69 Å². The molecule has 1 unspecified atom stereocenters. The van der Waals surface area contributed by atoms with Gasteiger partial charge < -0.3 is 5.32 Å². The Labute approximate surface area is 175 Å². The van der Waals surface area contributed by atoms with Crippen molar-refractivity contribution in [2.24, 2.45) is 0 Å². The third-order valence-electron chi connectivity index (χ3n) is 5.05. The fraction of sp³-hybridized carbons (Fsp3) is 0.167. The van der Waals surface area contributed by atoms with E-state index in [0.717, 1.165) is 23.2 Å². The molecule has 1 amide bonds. The Balaban J connectivity index is 1.75. The van der Waals surface area contributed by atoms with Gasteiger partial charge in [-0.1, -0.05) is 54.6 Å². The number of carbonyl (C=O) groups is 1. The van der Waals surface area contributed by atoms with Crippen LogP contribution in [-0.4, -0.2) is 25.9 Å². The molecule has 30 heavy (non-hydrogen) atoms. The fourth-order valence-corrected chi connectivity index (χ4v) is 3.38. The van der Waals surface area contributed by atoms with Gasteiger partial charge in [0.1, 0.15) is 5.69 Å².